The summed E-state index contributed by atoms with van der Waals surface area (Å²) in [4.78, 5) is 28.2. The molecule has 0 aliphatic carbocycles. The number of nitrogens with one attached hydrogen (secondary N) is 1. The zero-order valence-electron chi connectivity index (χ0n) is 17.6. The molecule has 2 aromatic heterocycles. The second-order valence-corrected chi connectivity index (χ2v) is 8.14. The molecule has 2 fully saturated rings. The molecule has 1 amide bonds. The molecular formula is C24H24FN5O2. The van der Waals surface area contributed by atoms with Gasteiger partial charge in [-0.3, -0.25) is 9.78 Å². The lowest BCUT2D eigenvalue weighted by atomic mass is 10.1. The Balaban J connectivity index is 1.42. The van der Waals surface area contributed by atoms with Crippen LogP contribution in [-0.4, -0.2) is 51.6 Å². The van der Waals surface area contributed by atoms with E-state index in [1.807, 2.05) is 23.1 Å². The normalized spacial score (nSPS) is 20.5. The van der Waals surface area contributed by atoms with Gasteiger partial charge in [0.2, 0.25) is 0 Å². The van der Waals surface area contributed by atoms with Crippen molar-refractivity contribution in [1.82, 2.24) is 19.9 Å². The maximum absolute atomic E-state index is 13.7. The standard InChI is InChI=1S/C24H24FN5O2/c25-18-3-1-4-19(13-18)27-22-14-20(16-6-9-26-10-7-16)28-23(29-22)17-8-11-30(15-17)24(31)21-5-2-12-32-21/h1,3-4,6-7,9-10,13-14,17,21H,2,5,8,11-12,15H2,(H,27,28,29)/t17-,21-/m1/s1. The Morgan fingerprint density at radius 2 is 2.00 bits per heavy atom. The minimum absolute atomic E-state index is 0.0233. The highest BCUT2D eigenvalue weighted by Gasteiger charge is 2.34. The predicted octanol–water partition coefficient (Wildman–Crippen LogP) is 3.92. The second kappa shape index (κ2) is 9.00. The molecule has 1 aromatic carbocycles. The van der Waals surface area contributed by atoms with Crippen LogP contribution in [0.4, 0.5) is 15.9 Å². The van der Waals surface area contributed by atoms with Crippen molar-refractivity contribution in [2.45, 2.75) is 31.3 Å². The maximum Gasteiger partial charge on any atom is 0.251 e. The fraction of sp³-hybridized carbons (Fsp3) is 0.333. The van der Waals surface area contributed by atoms with Crippen LogP contribution in [-0.2, 0) is 9.53 Å². The summed E-state index contributed by atoms with van der Waals surface area (Å²) >= 11 is 0. The summed E-state index contributed by atoms with van der Waals surface area (Å²) in [6, 6.07) is 11.9. The number of hydrogen-bond donors (Lipinski definition) is 1. The molecule has 3 aromatic rings. The number of carbonyl (C=O) groups is 1. The Morgan fingerprint density at radius 3 is 2.78 bits per heavy atom. The highest BCUT2D eigenvalue weighted by atomic mass is 19.1. The quantitative estimate of drug-likeness (QED) is 0.657. The first-order valence-corrected chi connectivity index (χ1v) is 10.9. The molecule has 2 atom stereocenters. The summed E-state index contributed by atoms with van der Waals surface area (Å²) in [5.74, 6) is 1.01. The molecule has 1 N–H and O–H groups in total. The van der Waals surface area contributed by atoms with Crippen LogP contribution in [0.3, 0.4) is 0 Å². The first-order valence-electron chi connectivity index (χ1n) is 10.9. The van der Waals surface area contributed by atoms with Crippen molar-refractivity contribution in [1.29, 1.82) is 0 Å². The van der Waals surface area contributed by atoms with E-state index in [1.54, 1.807) is 24.5 Å². The van der Waals surface area contributed by atoms with E-state index in [4.69, 9.17) is 14.7 Å². The first-order chi connectivity index (χ1) is 15.7. The SMILES string of the molecule is O=C([C@H]1CCCO1)N1CC[C@@H](c2nc(Nc3cccc(F)c3)cc(-c3ccncc3)n2)C1. The van der Waals surface area contributed by atoms with Crippen LogP contribution >= 0.6 is 0 Å². The third kappa shape index (κ3) is 4.45. The van der Waals surface area contributed by atoms with Crippen LogP contribution in [0, 0.1) is 5.82 Å². The monoisotopic (exact) mass is 433 g/mol. The number of rotatable bonds is 5. The van der Waals surface area contributed by atoms with Gasteiger partial charge in [-0.1, -0.05) is 6.07 Å². The van der Waals surface area contributed by atoms with E-state index in [2.05, 4.69) is 10.3 Å². The van der Waals surface area contributed by atoms with Gasteiger partial charge in [0.1, 0.15) is 23.6 Å². The predicted molar refractivity (Wildman–Crippen MR) is 118 cm³/mol. The summed E-state index contributed by atoms with van der Waals surface area (Å²) in [6.45, 7) is 1.89. The maximum atomic E-state index is 13.7. The van der Waals surface area contributed by atoms with Crippen molar-refractivity contribution in [3.63, 3.8) is 0 Å². The van der Waals surface area contributed by atoms with Crippen molar-refractivity contribution in [2.24, 2.45) is 0 Å². The number of likely N-dealkylation sites (tertiary alicyclic amines) is 1. The Hall–Kier alpha value is -3.39. The van der Waals surface area contributed by atoms with Gasteiger partial charge in [0.15, 0.2) is 0 Å². The number of benzene rings is 1. The van der Waals surface area contributed by atoms with Gasteiger partial charge < -0.3 is 15.0 Å². The number of carbonyl (C=O) groups excluding carboxylic acids is 1. The van der Waals surface area contributed by atoms with Crippen LogP contribution in [0.2, 0.25) is 0 Å². The molecule has 0 spiro atoms. The number of anilines is 2. The molecule has 2 saturated heterocycles. The molecule has 2 aliphatic heterocycles. The Morgan fingerprint density at radius 1 is 1.12 bits per heavy atom. The van der Waals surface area contributed by atoms with E-state index < -0.39 is 0 Å². The van der Waals surface area contributed by atoms with Gasteiger partial charge >= 0.3 is 0 Å². The minimum Gasteiger partial charge on any atom is -0.368 e. The summed E-state index contributed by atoms with van der Waals surface area (Å²) in [5, 5.41) is 3.19. The Labute approximate surface area is 185 Å². The fourth-order valence-corrected chi connectivity index (χ4v) is 4.24. The molecule has 7 nitrogen and oxygen atoms in total. The number of hydrogen-bond acceptors (Lipinski definition) is 6. The summed E-state index contributed by atoms with van der Waals surface area (Å²) in [7, 11) is 0. The van der Waals surface area contributed by atoms with E-state index in [9.17, 15) is 9.18 Å². The zero-order valence-corrected chi connectivity index (χ0v) is 17.6. The van der Waals surface area contributed by atoms with Gasteiger partial charge in [-0.25, -0.2) is 14.4 Å². The highest BCUT2D eigenvalue weighted by Crippen LogP contribution is 2.30. The fourth-order valence-electron chi connectivity index (χ4n) is 4.24. The largest absolute Gasteiger partial charge is 0.368 e. The molecular weight excluding hydrogens is 409 g/mol. The lowest BCUT2D eigenvalue weighted by Crippen LogP contribution is -2.37. The molecule has 5 rings (SSSR count). The van der Waals surface area contributed by atoms with E-state index >= 15 is 0 Å². The minimum atomic E-state index is -0.322. The molecule has 2 aliphatic rings. The number of pyridine rings is 1. The first kappa shape index (κ1) is 20.5. The zero-order chi connectivity index (χ0) is 21.9. The lowest BCUT2D eigenvalue weighted by Gasteiger charge is -2.20. The lowest BCUT2D eigenvalue weighted by molar-refractivity contribution is -0.139. The number of amides is 1. The van der Waals surface area contributed by atoms with Crippen molar-refractivity contribution in [2.75, 3.05) is 25.0 Å². The van der Waals surface area contributed by atoms with E-state index in [0.29, 0.717) is 37.0 Å². The van der Waals surface area contributed by atoms with Gasteiger partial charge in [-0.15, -0.1) is 0 Å². The van der Waals surface area contributed by atoms with Crippen LogP contribution in [0.5, 0.6) is 0 Å². The topological polar surface area (TPSA) is 80.2 Å². The van der Waals surface area contributed by atoms with Crippen LogP contribution in [0.15, 0.2) is 54.9 Å². The number of halogens is 1. The van der Waals surface area contributed by atoms with Crippen molar-refractivity contribution >= 4 is 17.4 Å². The average molecular weight is 433 g/mol. The molecule has 0 bridgehead atoms. The molecule has 8 heteroatoms. The van der Waals surface area contributed by atoms with Gasteiger partial charge in [-0.2, -0.15) is 0 Å². The second-order valence-electron chi connectivity index (χ2n) is 8.14. The third-order valence-electron chi connectivity index (χ3n) is 5.89. The third-order valence-corrected chi connectivity index (χ3v) is 5.89. The smallest absolute Gasteiger partial charge is 0.251 e. The molecule has 164 valence electrons. The highest BCUT2D eigenvalue weighted by molar-refractivity contribution is 5.81. The number of ether oxygens (including phenoxy) is 1. The van der Waals surface area contributed by atoms with Gasteiger partial charge in [0.25, 0.3) is 5.91 Å². The van der Waals surface area contributed by atoms with E-state index in [-0.39, 0.29) is 23.7 Å². The van der Waals surface area contributed by atoms with Gasteiger partial charge in [0, 0.05) is 55.3 Å². The van der Waals surface area contributed by atoms with Crippen LogP contribution in [0.25, 0.3) is 11.3 Å². The molecule has 0 saturated carbocycles. The van der Waals surface area contributed by atoms with Crippen LogP contribution < -0.4 is 5.32 Å². The number of nitrogens with zero attached hydrogens (tertiary/aromatic N) is 4. The summed E-state index contributed by atoms with van der Waals surface area (Å²) < 4.78 is 19.2. The number of aromatic nitrogens is 3. The van der Waals surface area contributed by atoms with E-state index in [0.717, 1.165) is 30.5 Å². The van der Waals surface area contributed by atoms with E-state index in [1.165, 1.54) is 12.1 Å². The summed E-state index contributed by atoms with van der Waals surface area (Å²) in [6.07, 6.45) is 5.62. The Kier molecular flexibility index (Phi) is 5.77. The van der Waals surface area contributed by atoms with Crippen molar-refractivity contribution in [3.8, 4) is 11.3 Å². The average Bonchev–Trinajstić information content (AvgIpc) is 3.52. The molecule has 0 radical (unpaired) electrons. The van der Waals surface area contributed by atoms with Crippen molar-refractivity contribution < 1.29 is 13.9 Å². The molecule has 0 unspecified atom stereocenters. The van der Waals surface area contributed by atoms with Crippen LogP contribution in [0.1, 0.15) is 31.0 Å². The van der Waals surface area contributed by atoms with Gasteiger partial charge in [0.05, 0.1) is 5.69 Å². The molecule has 32 heavy (non-hydrogen) atoms. The van der Waals surface area contributed by atoms with Gasteiger partial charge in [-0.05, 0) is 49.6 Å². The molecule has 4 heterocycles. The Bertz CT molecular complexity index is 1100. The summed E-state index contributed by atoms with van der Waals surface area (Å²) in [5.41, 5.74) is 2.27. The van der Waals surface area contributed by atoms with Crippen molar-refractivity contribution in [3.05, 3.63) is 66.5 Å².